The first-order valence-electron chi connectivity index (χ1n) is 5.86. The number of rotatable bonds is 8. The second kappa shape index (κ2) is 8.02. The Morgan fingerprint density at radius 3 is 2.89 bits per heavy atom. The van der Waals surface area contributed by atoms with Gasteiger partial charge in [-0.2, -0.15) is 0 Å². The van der Waals surface area contributed by atoms with Crippen molar-refractivity contribution < 1.29 is 9.66 Å². The summed E-state index contributed by atoms with van der Waals surface area (Å²) in [6.07, 6.45) is 0.929. The van der Waals surface area contributed by atoms with Gasteiger partial charge in [0.2, 0.25) is 0 Å². The van der Waals surface area contributed by atoms with E-state index < -0.39 is 4.92 Å². The number of hydrogen-bond donors (Lipinski definition) is 1. The number of nitro groups is 1. The van der Waals surface area contributed by atoms with E-state index in [2.05, 4.69) is 5.32 Å². The number of nitrogens with one attached hydrogen (secondary N) is 1. The van der Waals surface area contributed by atoms with Gasteiger partial charge in [0.1, 0.15) is 0 Å². The van der Waals surface area contributed by atoms with Gasteiger partial charge in [-0.15, -0.1) is 0 Å². The molecule has 0 aliphatic carbocycles. The predicted molar refractivity (Wildman–Crippen MR) is 70.9 cm³/mol. The quantitative estimate of drug-likeness (QED) is 0.449. The van der Waals surface area contributed by atoms with Crippen LogP contribution in [0.5, 0.6) is 0 Å². The molecule has 0 heterocycles. The zero-order chi connectivity index (χ0) is 13.4. The molecule has 0 atom stereocenters. The van der Waals surface area contributed by atoms with E-state index in [0.717, 1.165) is 31.7 Å². The number of ether oxygens (including phenoxy) is 1. The molecular weight excluding hydrogens is 256 g/mol. The lowest BCUT2D eigenvalue weighted by Gasteiger charge is -2.06. The highest BCUT2D eigenvalue weighted by atomic mass is 35.5. The van der Waals surface area contributed by atoms with Crippen molar-refractivity contribution in [3.8, 4) is 0 Å². The van der Waals surface area contributed by atoms with E-state index in [1.807, 2.05) is 6.92 Å². The lowest BCUT2D eigenvalue weighted by atomic mass is 10.2. The average Bonchev–Trinajstić information content (AvgIpc) is 2.35. The molecule has 0 amide bonds. The lowest BCUT2D eigenvalue weighted by Crippen LogP contribution is -2.16. The Morgan fingerprint density at radius 2 is 2.28 bits per heavy atom. The second-order valence-electron chi connectivity index (χ2n) is 3.76. The first-order chi connectivity index (χ1) is 8.65. The molecule has 0 spiro atoms. The Labute approximate surface area is 111 Å². The van der Waals surface area contributed by atoms with E-state index in [9.17, 15) is 10.1 Å². The van der Waals surface area contributed by atoms with Crippen molar-refractivity contribution in [3.63, 3.8) is 0 Å². The van der Waals surface area contributed by atoms with Crippen LogP contribution in [0.2, 0.25) is 5.02 Å². The normalized spacial score (nSPS) is 10.6. The molecule has 1 rings (SSSR count). The van der Waals surface area contributed by atoms with Crippen molar-refractivity contribution in [2.45, 2.75) is 19.9 Å². The molecule has 0 bridgehead atoms. The Morgan fingerprint density at radius 1 is 1.50 bits per heavy atom. The van der Waals surface area contributed by atoms with Crippen LogP contribution in [0.25, 0.3) is 0 Å². The van der Waals surface area contributed by atoms with Crippen molar-refractivity contribution in [2.24, 2.45) is 0 Å². The van der Waals surface area contributed by atoms with Crippen LogP contribution in [-0.4, -0.2) is 24.7 Å². The van der Waals surface area contributed by atoms with Gasteiger partial charge in [-0.1, -0.05) is 11.6 Å². The minimum absolute atomic E-state index is 0.0140. The molecule has 0 fully saturated rings. The Bertz CT molecular complexity index is 399. The molecule has 0 aromatic heterocycles. The van der Waals surface area contributed by atoms with Crippen LogP contribution >= 0.6 is 11.6 Å². The average molecular weight is 273 g/mol. The van der Waals surface area contributed by atoms with Crippen molar-refractivity contribution in [3.05, 3.63) is 38.9 Å². The summed E-state index contributed by atoms with van der Waals surface area (Å²) in [5.74, 6) is 0. The van der Waals surface area contributed by atoms with Crippen LogP contribution in [0.4, 0.5) is 5.69 Å². The van der Waals surface area contributed by atoms with E-state index in [1.54, 1.807) is 6.07 Å². The summed E-state index contributed by atoms with van der Waals surface area (Å²) in [4.78, 5) is 10.1. The molecule has 0 unspecified atom stereocenters. The number of nitrogens with zero attached hydrogens (tertiary/aromatic N) is 1. The number of non-ortho nitro benzene ring substituents is 1. The summed E-state index contributed by atoms with van der Waals surface area (Å²) in [6.45, 7) is 4.85. The Kier molecular flexibility index (Phi) is 6.64. The van der Waals surface area contributed by atoms with E-state index in [4.69, 9.17) is 16.3 Å². The standard InChI is InChI=1S/C12H17ClN2O3/c1-2-18-7-3-6-14-9-10-4-5-11(15(16)17)8-12(10)13/h4-5,8,14H,2-3,6-7,9H2,1H3. The number of hydrogen-bond acceptors (Lipinski definition) is 4. The maximum absolute atomic E-state index is 10.5. The topological polar surface area (TPSA) is 64.4 Å². The van der Waals surface area contributed by atoms with Crippen LogP contribution < -0.4 is 5.32 Å². The smallest absolute Gasteiger partial charge is 0.270 e. The Hall–Kier alpha value is -1.17. The number of halogens is 1. The van der Waals surface area contributed by atoms with Gasteiger partial charge in [0.25, 0.3) is 5.69 Å². The molecule has 0 saturated carbocycles. The van der Waals surface area contributed by atoms with Crippen molar-refractivity contribution >= 4 is 17.3 Å². The van der Waals surface area contributed by atoms with Gasteiger partial charge in [-0.25, -0.2) is 0 Å². The third-order valence-corrected chi connectivity index (χ3v) is 2.76. The summed E-state index contributed by atoms with van der Waals surface area (Å²) in [5.41, 5.74) is 0.874. The fourth-order valence-electron chi connectivity index (χ4n) is 1.46. The van der Waals surface area contributed by atoms with Crippen LogP contribution in [0, 0.1) is 10.1 Å². The zero-order valence-corrected chi connectivity index (χ0v) is 11.1. The highest BCUT2D eigenvalue weighted by Crippen LogP contribution is 2.22. The first-order valence-corrected chi connectivity index (χ1v) is 6.24. The number of benzene rings is 1. The molecule has 0 aliphatic heterocycles. The molecule has 18 heavy (non-hydrogen) atoms. The maximum atomic E-state index is 10.5. The fourth-order valence-corrected chi connectivity index (χ4v) is 1.70. The molecule has 5 nitrogen and oxygen atoms in total. The molecule has 1 N–H and O–H groups in total. The van der Waals surface area contributed by atoms with Gasteiger partial charge in [0.05, 0.1) is 9.95 Å². The minimum Gasteiger partial charge on any atom is -0.382 e. The SMILES string of the molecule is CCOCCCNCc1ccc([N+](=O)[O-])cc1Cl. The highest BCUT2D eigenvalue weighted by Gasteiger charge is 2.08. The lowest BCUT2D eigenvalue weighted by molar-refractivity contribution is -0.384. The molecule has 1 aromatic rings. The van der Waals surface area contributed by atoms with Crippen molar-refractivity contribution in [1.82, 2.24) is 5.32 Å². The van der Waals surface area contributed by atoms with E-state index in [1.165, 1.54) is 12.1 Å². The summed E-state index contributed by atoms with van der Waals surface area (Å²) < 4.78 is 5.21. The molecule has 0 saturated heterocycles. The first kappa shape index (κ1) is 14.9. The van der Waals surface area contributed by atoms with E-state index in [-0.39, 0.29) is 5.69 Å². The summed E-state index contributed by atoms with van der Waals surface area (Å²) in [7, 11) is 0. The zero-order valence-electron chi connectivity index (χ0n) is 10.3. The van der Waals surface area contributed by atoms with E-state index >= 15 is 0 Å². The monoisotopic (exact) mass is 272 g/mol. The summed E-state index contributed by atoms with van der Waals surface area (Å²) >= 11 is 5.97. The summed E-state index contributed by atoms with van der Waals surface area (Å²) in [5, 5.41) is 14.2. The largest absolute Gasteiger partial charge is 0.382 e. The third-order valence-electron chi connectivity index (χ3n) is 2.41. The molecule has 100 valence electrons. The fraction of sp³-hybridized carbons (Fsp3) is 0.500. The third kappa shape index (κ3) is 5.00. The second-order valence-corrected chi connectivity index (χ2v) is 4.17. The summed E-state index contributed by atoms with van der Waals surface area (Å²) in [6, 6.07) is 4.51. The predicted octanol–water partition coefficient (Wildman–Crippen LogP) is 2.76. The van der Waals surface area contributed by atoms with Crippen LogP contribution in [0.15, 0.2) is 18.2 Å². The van der Waals surface area contributed by atoms with Gasteiger partial charge in [0, 0.05) is 31.9 Å². The van der Waals surface area contributed by atoms with Gasteiger partial charge in [-0.3, -0.25) is 10.1 Å². The Balaban J connectivity index is 2.36. The van der Waals surface area contributed by atoms with E-state index in [0.29, 0.717) is 11.6 Å². The molecule has 0 radical (unpaired) electrons. The molecule has 0 aliphatic rings. The van der Waals surface area contributed by atoms with Gasteiger partial charge >= 0.3 is 0 Å². The van der Waals surface area contributed by atoms with Crippen molar-refractivity contribution in [1.29, 1.82) is 0 Å². The maximum Gasteiger partial charge on any atom is 0.270 e. The number of nitro benzene ring substituents is 1. The van der Waals surface area contributed by atoms with Crippen molar-refractivity contribution in [2.75, 3.05) is 19.8 Å². The molecule has 6 heteroatoms. The van der Waals surface area contributed by atoms with Gasteiger partial charge in [-0.05, 0) is 31.5 Å². The van der Waals surface area contributed by atoms with Gasteiger partial charge in [0.15, 0.2) is 0 Å². The van der Waals surface area contributed by atoms with Crippen LogP contribution in [0.3, 0.4) is 0 Å². The highest BCUT2D eigenvalue weighted by molar-refractivity contribution is 6.31. The van der Waals surface area contributed by atoms with Gasteiger partial charge < -0.3 is 10.1 Å². The van der Waals surface area contributed by atoms with Crippen LogP contribution in [0.1, 0.15) is 18.9 Å². The van der Waals surface area contributed by atoms with Crippen LogP contribution in [-0.2, 0) is 11.3 Å². The minimum atomic E-state index is -0.453. The molecular formula is C12H17ClN2O3. The molecule has 1 aromatic carbocycles.